The van der Waals surface area contributed by atoms with Crippen molar-refractivity contribution in [2.45, 2.75) is 37.0 Å². The van der Waals surface area contributed by atoms with Crippen LogP contribution < -0.4 is 5.32 Å². The standard InChI is InChI=1S/C15H18ClNO3S/c16-12-6-2-1-5-11(12)9-21-10-13(18)17-15(14(19)20)7-3-4-8-15/h1-2,5-6H,3-4,7-10H2,(H,17,18)(H,19,20). The van der Waals surface area contributed by atoms with Crippen LogP contribution in [0.15, 0.2) is 24.3 Å². The first kappa shape index (κ1) is 16.2. The average Bonchev–Trinajstić information content (AvgIpc) is 2.91. The Labute approximate surface area is 133 Å². The van der Waals surface area contributed by atoms with E-state index in [0.29, 0.717) is 23.6 Å². The van der Waals surface area contributed by atoms with Crippen LogP contribution in [0.25, 0.3) is 0 Å². The number of thioether (sulfide) groups is 1. The van der Waals surface area contributed by atoms with Crippen LogP contribution in [0.1, 0.15) is 31.2 Å². The summed E-state index contributed by atoms with van der Waals surface area (Å²) < 4.78 is 0. The highest BCUT2D eigenvalue weighted by Gasteiger charge is 2.42. The topological polar surface area (TPSA) is 66.4 Å². The quantitative estimate of drug-likeness (QED) is 0.842. The minimum absolute atomic E-state index is 0.226. The van der Waals surface area contributed by atoms with Gasteiger partial charge in [0.05, 0.1) is 5.75 Å². The molecule has 4 nitrogen and oxygen atoms in total. The van der Waals surface area contributed by atoms with Gasteiger partial charge in [0.15, 0.2) is 0 Å². The summed E-state index contributed by atoms with van der Waals surface area (Å²) in [6, 6.07) is 7.50. The van der Waals surface area contributed by atoms with Gasteiger partial charge in [0.2, 0.25) is 5.91 Å². The number of carbonyl (C=O) groups excluding carboxylic acids is 1. The third kappa shape index (κ3) is 4.14. The first-order valence-electron chi connectivity index (χ1n) is 6.89. The van der Waals surface area contributed by atoms with Gasteiger partial charge in [0, 0.05) is 10.8 Å². The van der Waals surface area contributed by atoms with Crippen molar-refractivity contribution in [3.63, 3.8) is 0 Å². The number of nitrogens with one attached hydrogen (secondary N) is 1. The monoisotopic (exact) mass is 327 g/mol. The van der Waals surface area contributed by atoms with Crippen molar-refractivity contribution in [2.75, 3.05) is 5.75 Å². The maximum atomic E-state index is 12.0. The summed E-state index contributed by atoms with van der Waals surface area (Å²) in [6.07, 6.45) is 2.73. The number of carboxylic acid groups (broad SMARTS) is 1. The Hall–Kier alpha value is -1.20. The van der Waals surface area contributed by atoms with E-state index in [0.717, 1.165) is 18.4 Å². The molecule has 0 aromatic heterocycles. The molecule has 1 fully saturated rings. The Morgan fingerprint density at radius 2 is 1.95 bits per heavy atom. The highest BCUT2D eigenvalue weighted by atomic mass is 35.5. The number of benzene rings is 1. The van der Waals surface area contributed by atoms with Crippen LogP contribution >= 0.6 is 23.4 Å². The fourth-order valence-electron chi connectivity index (χ4n) is 2.54. The zero-order valence-corrected chi connectivity index (χ0v) is 13.2. The van der Waals surface area contributed by atoms with Gasteiger partial charge in [-0.15, -0.1) is 11.8 Å². The van der Waals surface area contributed by atoms with E-state index in [1.165, 1.54) is 11.8 Å². The number of halogens is 1. The van der Waals surface area contributed by atoms with Crippen LogP contribution in [-0.4, -0.2) is 28.3 Å². The lowest BCUT2D eigenvalue weighted by molar-refractivity contribution is -0.147. The number of hydrogen-bond donors (Lipinski definition) is 2. The average molecular weight is 328 g/mol. The Morgan fingerprint density at radius 3 is 2.57 bits per heavy atom. The summed E-state index contributed by atoms with van der Waals surface area (Å²) >= 11 is 7.48. The zero-order chi connectivity index (χ0) is 15.3. The van der Waals surface area contributed by atoms with Gasteiger partial charge in [-0.2, -0.15) is 0 Å². The number of carboxylic acids is 1. The largest absolute Gasteiger partial charge is 0.480 e. The van der Waals surface area contributed by atoms with E-state index >= 15 is 0 Å². The normalized spacial score (nSPS) is 16.6. The van der Waals surface area contributed by atoms with E-state index < -0.39 is 11.5 Å². The second-order valence-corrected chi connectivity index (χ2v) is 6.62. The molecule has 2 N–H and O–H groups in total. The van der Waals surface area contributed by atoms with Crippen LogP contribution in [-0.2, 0) is 15.3 Å². The number of hydrogen-bond acceptors (Lipinski definition) is 3. The van der Waals surface area contributed by atoms with Gasteiger partial charge in [0.25, 0.3) is 0 Å². The van der Waals surface area contributed by atoms with Crippen molar-refractivity contribution in [1.82, 2.24) is 5.32 Å². The molecule has 1 aromatic carbocycles. The van der Waals surface area contributed by atoms with Crippen LogP contribution in [0, 0.1) is 0 Å². The Morgan fingerprint density at radius 1 is 1.29 bits per heavy atom. The molecule has 2 rings (SSSR count). The molecular weight excluding hydrogens is 310 g/mol. The van der Waals surface area contributed by atoms with E-state index in [4.69, 9.17) is 11.6 Å². The lowest BCUT2D eigenvalue weighted by Crippen LogP contribution is -2.53. The van der Waals surface area contributed by atoms with Gasteiger partial charge in [-0.25, -0.2) is 4.79 Å². The maximum Gasteiger partial charge on any atom is 0.329 e. The van der Waals surface area contributed by atoms with E-state index in [2.05, 4.69) is 5.32 Å². The van der Waals surface area contributed by atoms with Gasteiger partial charge < -0.3 is 10.4 Å². The molecule has 0 bridgehead atoms. The SMILES string of the molecule is O=C(CSCc1ccccc1Cl)NC1(C(=O)O)CCCC1. The van der Waals surface area contributed by atoms with Crippen LogP contribution in [0.5, 0.6) is 0 Å². The van der Waals surface area contributed by atoms with E-state index in [9.17, 15) is 14.7 Å². The number of amides is 1. The third-order valence-electron chi connectivity index (χ3n) is 3.69. The summed E-state index contributed by atoms with van der Waals surface area (Å²) in [6.45, 7) is 0. The van der Waals surface area contributed by atoms with Crippen molar-refractivity contribution < 1.29 is 14.7 Å². The molecule has 1 saturated carbocycles. The lowest BCUT2D eigenvalue weighted by atomic mass is 9.98. The second kappa shape index (κ2) is 7.18. The second-order valence-electron chi connectivity index (χ2n) is 5.23. The van der Waals surface area contributed by atoms with Gasteiger partial charge in [-0.3, -0.25) is 4.79 Å². The molecule has 6 heteroatoms. The van der Waals surface area contributed by atoms with Crippen LogP contribution in [0.2, 0.25) is 5.02 Å². The minimum Gasteiger partial charge on any atom is -0.480 e. The first-order chi connectivity index (χ1) is 10.0. The van der Waals surface area contributed by atoms with Gasteiger partial charge in [-0.1, -0.05) is 42.6 Å². The zero-order valence-electron chi connectivity index (χ0n) is 11.6. The van der Waals surface area contributed by atoms with E-state index in [1.807, 2.05) is 24.3 Å². The summed E-state index contributed by atoms with van der Waals surface area (Å²) in [5.41, 5.74) is -0.0760. The van der Waals surface area contributed by atoms with Crippen molar-refractivity contribution in [3.05, 3.63) is 34.9 Å². The summed E-state index contributed by atoms with van der Waals surface area (Å²) in [5.74, 6) is -0.284. The molecule has 114 valence electrons. The summed E-state index contributed by atoms with van der Waals surface area (Å²) in [4.78, 5) is 23.3. The molecule has 1 amide bonds. The molecule has 0 aliphatic heterocycles. The van der Waals surface area contributed by atoms with Crippen LogP contribution in [0.3, 0.4) is 0 Å². The predicted octanol–water partition coefficient (Wildman–Crippen LogP) is 3.09. The fraction of sp³-hybridized carbons (Fsp3) is 0.467. The highest BCUT2D eigenvalue weighted by molar-refractivity contribution is 7.99. The van der Waals surface area contributed by atoms with E-state index in [-0.39, 0.29) is 11.7 Å². The van der Waals surface area contributed by atoms with Crippen molar-refractivity contribution >= 4 is 35.2 Å². The molecule has 1 aliphatic carbocycles. The molecule has 1 aromatic rings. The molecule has 0 unspecified atom stereocenters. The van der Waals surface area contributed by atoms with Gasteiger partial charge in [0.1, 0.15) is 5.54 Å². The Bertz CT molecular complexity index is 529. The predicted molar refractivity (Wildman–Crippen MR) is 84.6 cm³/mol. The molecule has 0 heterocycles. The molecular formula is C15H18ClNO3S. The number of carbonyl (C=O) groups is 2. The molecule has 21 heavy (non-hydrogen) atoms. The van der Waals surface area contributed by atoms with Gasteiger partial charge >= 0.3 is 5.97 Å². The number of aliphatic carboxylic acids is 1. The van der Waals surface area contributed by atoms with E-state index in [1.54, 1.807) is 0 Å². The first-order valence-corrected chi connectivity index (χ1v) is 8.42. The van der Waals surface area contributed by atoms with Crippen LogP contribution in [0.4, 0.5) is 0 Å². The number of rotatable bonds is 6. The van der Waals surface area contributed by atoms with Crippen molar-refractivity contribution in [3.8, 4) is 0 Å². The highest BCUT2D eigenvalue weighted by Crippen LogP contribution is 2.30. The van der Waals surface area contributed by atoms with Crippen molar-refractivity contribution in [1.29, 1.82) is 0 Å². The smallest absolute Gasteiger partial charge is 0.329 e. The molecule has 0 spiro atoms. The molecule has 0 radical (unpaired) electrons. The summed E-state index contributed by atoms with van der Waals surface area (Å²) in [5, 5.41) is 12.7. The Kier molecular flexibility index (Phi) is 5.53. The van der Waals surface area contributed by atoms with Gasteiger partial charge in [-0.05, 0) is 24.5 Å². The fourth-order valence-corrected chi connectivity index (χ4v) is 3.66. The minimum atomic E-state index is -1.05. The summed E-state index contributed by atoms with van der Waals surface area (Å²) in [7, 11) is 0. The third-order valence-corrected chi connectivity index (χ3v) is 5.04. The maximum absolute atomic E-state index is 12.0. The molecule has 0 saturated heterocycles. The van der Waals surface area contributed by atoms with Crippen molar-refractivity contribution in [2.24, 2.45) is 0 Å². The Balaban J connectivity index is 1.82. The lowest BCUT2D eigenvalue weighted by Gasteiger charge is -2.25. The molecule has 0 atom stereocenters. The molecule has 1 aliphatic rings.